The lowest BCUT2D eigenvalue weighted by atomic mass is 10.2. The summed E-state index contributed by atoms with van der Waals surface area (Å²) in [5.41, 5.74) is 2.72. The highest BCUT2D eigenvalue weighted by Gasteiger charge is 2.23. The normalized spacial score (nSPS) is 13.4. The number of hydrogen-bond donors (Lipinski definition) is 1. The number of benzene rings is 2. The van der Waals surface area contributed by atoms with E-state index in [0.29, 0.717) is 11.7 Å². The molecular weight excluding hydrogens is 370 g/mol. The van der Waals surface area contributed by atoms with E-state index in [2.05, 4.69) is 25.0 Å². The molecule has 8 heteroatoms. The molecular formula is C18H16ClN5OS. The highest BCUT2D eigenvalue weighted by atomic mass is 35.5. The maximum absolute atomic E-state index is 11.2. The van der Waals surface area contributed by atoms with Crippen molar-refractivity contribution in [1.82, 2.24) is 14.8 Å². The number of carbonyl (C=O) groups excluding carboxylic acids is 1. The van der Waals surface area contributed by atoms with Gasteiger partial charge in [-0.15, -0.1) is 10.2 Å². The molecule has 1 aliphatic rings. The molecule has 0 fully saturated rings. The van der Waals surface area contributed by atoms with Gasteiger partial charge in [-0.2, -0.15) is 0 Å². The first-order valence-corrected chi connectivity index (χ1v) is 9.41. The van der Waals surface area contributed by atoms with Crippen molar-refractivity contribution in [2.75, 3.05) is 16.1 Å². The fourth-order valence-corrected chi connectivity index (χ4v) is 3.95. The van der Waals surface area contributed by atoms with E-state index in [1.165, 1.54) is 6.92 Å². The van der Waals surface area contributed by atoms with E-state index in [1.54, 1.807) is 11.8 Å². The maximum atomic E-state index is 11.2. The second-order valence-electron chi connectivity index (χ2n) is 5.90. The van der Waals surface area contributed by atoms with E-state index < -0.39 is 0 Å². The third-order valence-electron chi connectivity index (χ3n) is 4.05. The molecule has 4 rings (SSSR count). The zero-order chi connectivity index (χ0) is 18.1. The molecule has 2 aromatic carbocycles. The van der Waals surface area contributed by atoms with Crippen LogP contribution in [0.2, 0.25) is 5.02 Å². The minimum absolute atomic E-state index is 0.0789. The van der Waals surface area contributed by atoms with Crippen molar-refractivity contribution < 1.29 is 4.79 Å². The first-order valence-electron chi connectivity index (χ1n) is 8.05. The maximum Gasteiger partial charge on any atom is 0.221 e. The Hall–Kier alpha value is -2.51. The molecule has 0 radical (unpaired) electrons. The standard InChI is InChI=1S/C18H16ClN5OS/c1-12(25)20-13-6-8-14(9-7-13)23-10-24-17(21-22-18(24)26-11-23)15-4-2-3-5-16(15)19/h2-9H,10-11H2,1H3,(H,20,25). The number of fused-ring (bicyclic) bond motifs is 1. The molecule has 132 valence electrons. The number of amides is 1. The molecule has 1 aromatic heterocycles. The van der Waals surface area contributed by atoms with Crippen LogP contribution in [0.15, 0.2) is 53.7 Å². The molecule has 0 saturated carbocycles. The Labute approximate surface area is 160 Å². The highest BCUT2D eigenvalue weighted by Crippen LogP contribution is 2.34. The van der Waals surface area contributed by atoms with E-state index in [4.69, 9.17) is 11.6 Å². The summed E-state index contributed by atoms with van der Waals surface area (Å²) in [6, 6.07) is 15.4. The summed E-state index contributed by atoms with van der Waals surface area (Å²) < 4.78 is 2.07. The van der Waals surface area contributed by atoms with Crippen molar-refractivity contribution in [1.29, 1.82) is 0 Å². The lowest BCUT2D eigenvalue weighted by molar-refractivity contribution is -0.114. The lowest BCUT2D eigenvalue weighted by Gasteiger charge is -2.30. The molecule has 1 N–H and O–H groups in total. The van der Waals surface area contributed by atoms with Crippen LogP contribution in [0.25, 0.3) is 11.4 Å². The molecule has 1 amide bonds. The third-order valence-corrected chi connectivity index (χ3v) is 5.38. The van der Waals surface area contributed by atoms with Crippen LogP contribution in [0.3, 0.4) is 0 Å². The number of nitrogens with zero attached hydrogens (tertiary/aromatic N) is 4. The van der Waals surface area contributed by atoms with Gasteiger partial charge in [0.25, 0.3) is 0 Å². The molecule has 0 bridgehead atoms. The van der Waals surface area contributed by atoms with Crippen LogP contribution in [-0.4, -0.2) is 26.5 Å². The molecule has 26 heavy (non-hydrogen) atoms. The summed E-state index contributed by atoms with van der Waals surface area (Å²) in [5.74, 6) is 1.46. The quantitative estimate of drug-likeness (QED) is 0.735. The first kappa shape index (κ1) is 16.9. The molecule has 2 heterocycles. The Bertz CT molecular complexity index is 956. The van der Waals surface area contributed by atoms with E-state index in [-0.39, 0.29) is 5.91 Å². The van der Waals surface area contributed by atoms with Crippen molar-refractivity contribution in [3.8, 4) is 11.4 Å². The summed E-state index contributed by atoms with van der Waals surface area (Å²) in [4.78, 5) is 13.4. The molecule has 3 aromatic rings. The Kier molecular flexibility index (Phi) is 4.57. The van der Waals surface area contributed by atoms with Gasteiger partial charge >= 0.3 is 0 Å². The fourth-order valence-electron chi connectivity index (χ4n) is 2.83. The average molecular weight is 386 g/mol. The number of thioether (sulfide) groups is 1. The smallest absolute Gasteiger partial charge is 0.221 e. The van der Waals surface area contributed by atoms with Crippen molar-refractivity contribution in [3.05, 3.63) is 53.6 Å². The summed E-state index contributed by atoms with van der Waals surface area (Å²) >= 11 is 7.96. The second-order valence-corrected chi connectivity index (χ2v) is 7.22. The molecule has 0 unspecified atom stereocenters. The lowest BCUT2D eigenvalue weighted by Crippen LogP contribution is -2.30. The Morgan fingerprint density at radius 1 is 1.15 bits per heavy atom. The van der Waals surface area contributed by atoms with Gasteiger partial charge in [-0.05, 0) is 36.4 Å². The van der Waals surface area contributed by atoms with Crippen LogP contribution in [0.5, 0.6) is 0 Å². The summed E-state index contributed by atoms with van der Waals surface area (Å²) in [5, 5.41) is 12.9. The molecule has 1 aliphatic heterocycles. The van der Waals surface area contributed by atoms with Crippen molar-refractivity contribution >= 4 is 40.6 Å². The third kappa shape index (κ3) is 3.27. The monoisotopic (exact) mass is 385 g/mol. The number of hydrogen-bond acceptors (Lipinski definition) is 5. The van der Waals surface area contributed by atoms with Crippen LogP contribution < -0.4 is 10.2 Å². The predicted octanol–water partition coefficient (Wildman–Crippen LogP) is 4.08. The highest BCUT2D eigenvalue weighted by molar-refractivity contribution is 7.99. The largest absolute Gasteiger partial charge is 0.344 e. The van der Waals surface area contributed by atoms with Crippen LogP contribution in [0.4, 0.5) is 11.4 Å². The summed E-state index contributed by atoms with van der Waals surface area (Å²) in [7, 11) is 0. The van der Waals surface area contributed by atoms with Crippen molar-refractivity contribution in [3.63, 3.8) is 0 Å². The number of rotatable bonds is 3. The van der Waals surface area contributed by atoms with Gasteiger partial charge < -0.3 is 10.2 Å². The van der Waals surface area contributed by atoms with E-state index in [0.717, 1.165) is 33.8 Å². The Morgan fingerprint density at radius 2 is 1.92 bits per heavy atom. The van der Waals surface area contributed by atoms with E-state index >= 15 is 0 Å². The number of aromatic nitrogens is 3. The van der Waals surface area contributed by atoms with Crippen LogP contribution in [0.1, 0.15) is 6.92 Å². The topological polar surface area (TPSA) is 63.1 Å². The average Bonchev–Trinajstić information content (AvgIpc) is 3.05. The summed E-state index contributed by atoms with van der Waals surface area (Å²) in [6.45, 7) is 2.13. The Morgan fingerprint density at radius 3 is 2.65 bits per heavy atom. The molecule has 0 spiro atoms. The van der Waals surface area contributed by atoms with Gasteiger partial charge in [-0.3, -0.25) is 9.36 Å². The zero-order valence-electron chi connectivity index (χ0n) is 14.0. The van der Waals surface area contributed by atoms with Crippen molar-refractivity contribution in [2.45, 2.75) is 18.7 Å². The van der Waals surface area contributed by atoms with Crippen LogP contribution in [-0.2, 0) is 11.5 Å². The van der Waals surface area contributed by atoms with E-state index in [1.807, 2.05) is 48.5 Å². The van der Waals surface area contributed by atoms with Gasteiger partial charge in [-0.25, -0.2) is 0 Å². The fraction of sp³-hybridized carbons (Fsp3) is 0.167. The number of anilines is 2. The van der Waals surface area contributed by atoms with Gasteiger partial charge in [0.05, 0.1) is 17.6 Å². The van der Waals surface area contributed by atoms with Crippen molar-refractivity contribution in [2.24, 2.45) is 0 Å². The predicted molar refractivity (Wildman–Crippen MR) is 104 cm³/mol. The van der Waals surface area contributed by atoms with Crippen LogP contribution >= 0.6 is 23.4 Å². The van der Waals surface area contributed by atoms with Gasteiger partial charge in [0.1, 0.15) is 0 Å². The van der Waals surface area contributed by atoms with E-state index in [9.17, 15) is 4.79 Å². The Balaban J connectivity index is 1.61. The molecule has 0 aliphatic carbocycles. The first-order chi connectivity index (χ1) is 12.6. The minimum Gasteiger partial charge on any atom is -0.344 e. The molecule has 6 nitrogen and oxygen atoms in total. The number of nitrogens with one attached hydrogen (secondary N) is 1. The van der Waals surface area contributed by atoms with Crippen LogP contribution in [0, 0.1) is 0 Å². The van der Waals surface area contributed by atoms with Gasteiger partial charge in [0, 0.05) is 23.9 Å². The number of carbonyl (C=O) groups is 1. The van der Waals surface area contributed by atoms with Gasteiger partial charge in [-0.1, -0.05) is 35.5 Å². The van der Waals surface area contributed by atoms with Gasteiger partial charge in [0.2, 0.25) is 5.91 Å². The number of halogens is 1. The zero-order valence-corrected chi connectivity index (χ0v) is 15.6. The van der Waals surface area contributed by atoms with Gasteiger partial charge in [0.15, 0.2) is 11.0 Å². The minimum atomic E-state index is -0.0789. The SMILES string of the molecule is CC(=O)Nc1ccc(N2CSc3nnc(-c4ccccc4Cl)n3C2)cc1. The molecule has 0 saturated heterocycles. The second kappa shape index (κ2) is 7.01. The molecule has 0 atom stereocenters. The summed E-state index contributed by atoms with van der Waals surface area (Å²) in [6.07, 6.45) is 0.